The Hall–Kier alpha value is -1.15. The van der Waals surface area contributed by atoms with Crippen molar-refractivity contribution >= 4 is 5.78 Å². The molecule has 2 unspecified atom stereocenters. The molecule has 2 heteroatoms. The van der Waals surface area contributed by atoms with Crippen molar-refractivity contribution in [2.24, 2.45) is 5.92 Å². The maximum Gasteiger partial charge on any atom is 0.167 e. The summed E-state index contributed by atoms with van der Waals surface area (Å²) in [7, 11) is 0. The zero-order valence-electron chi connectivity index (χ0n) is 10.7. The fourth-order valence-corrected chi connectivity index (χ4v) is 2.56. The van der Waals surface area contributed by atoms with Crippen LogP contribution in [0.15, 0.2) is 24.3 Å². The third-order valence-corrected chi connectivity index (χ3v) is 3.64. The minimum Gasteiger partial charge on any atom is -0.313 e. The smallest absolute Gasteiger partial charge is 0.167 e. The van der Waals surface area contributed by atoms with Crippen LogP contribution in [0.3, 0.4) is 0 Å². The Bertz CT molecular complexity index is 382. The Morgan fingerprint density at radius 1 is 1.35 bits per heavy atom. The Morgan fingerprint density at radius 2 is 2.06 bits per heavy atom. The average Bonchev–Trinajstić information content (AvgIpc) is 2.76. The van der Waals surface area contributed by atoms with Crippen molar-refractivity contribution in [3.63, 3.8) is 0 Å². The van der Waals surface area contributed by atoms with E-state index in [4.69, 9.17) is 0 Å². The lowest BCUT2D eigenvalue weighted by Gasteiger charge is -2.13. The number of ketones is 1. The molecule has 0 spiro atoms. The van der Waals surface area contributed by atoms with Crippen molar-refractivity contribution in [1.29, 1.82) is 0 Å². The van der Waals surface area contributed by atoms with Crippen molar-refractivity contribution < 1.29 is 4.79 Å². The molecule has 2 atom stereocenters. The van der Waals surface area contributed by atoms with E-state index in [0.717, 1.165) is 31.4 Å². The Kier molecular flexibility index (Phi) is 3.95. The molecule has 2 nitrogen and oxygen atoms in total. The minimum atomic E-state index is 0.159. The largest absolute Gasteiger partial charge is 0.313 e. The molecule has 0 amide bonds. The van der Waals surface area contributed by atoms with Crippen LogP contribution >= 0.6 is 0 Å². The standard InChI is InChI=1S/C15H21NO/c1-3-4-12-5-7-13(8-6-12)15(17)14-9-10-16-11(14)2/h5-8,11,14,16H,3-4,9-10H2,1-2H3. The van der Waals surface area contributed by atoms with Crippen LogP contribution in [-0.2, 0) is 6.42 Å². The van der Waals surface area contributed by atoms with Gasteiger partial charge in [0.15, 0.2) is 5.78 Å². The second-order valence-corrected chi connectivity index (χ2v) is 4.95. The van der Waals surface area contributed by atoms with Gasteiger partial charge in [-0.3, -0.25) is 4.79 Å². The number of rotatable bonds is 4. The molecule has 1 aliphatic heterocycles. The summed E-state index contributed by atoms with van der Waals surface area (Å²) in [6, 6.07) is 8.46. The first-order valence-electron chi connectivity index (χ1n) is 6.59. The van der Waals surface area contributed by atoms with E-state index in [1.165, 1.54) is 5.56 Å². The van der Waals surface area contributed by atoms with Crippen LogP contribution in [0.2, 0.25) is 0 Å². The zero-order valence-corrected chi connectivity index (χ0v) is 10.7. The number of aryl methyl sites for hydroxylation is 1. The first-order valence-corrected chi connectivity index (χ1v) is 6.59. The van der Waals surface area contributed by atoms with Crippen LogP contribution in [0.4, 0.5) is 0 Å². The van der Waals surface area contributed by atoms with E-state index in [-0.39, 0.29) is 5.92 Å². The third-order valence-electron chi connectivity index (χ3n) is 3.64. The summed E-state index contributed by atoms with van der Waals surface area (Å²) in [5, 5.41) is 3.33. The molecule has 0 aromatic heterocycles. The number of Topliss-reactive ketones (excluding diaryl/α,β-unsaturated/α-hetero) is 1. The highest BCUT2D eigenvalue weighted by molar-refractivity contribution is 5.98. The molecule has 0 saturated carbocycles. The fourth-order valence-electron chi connectivity index (χ4n) is 2.56. The SMILES string of the molecule is CCCc1ccc(C(=O)C2CCNC2C)cc1. The second kappa shape index (κ2) is 5.46. The van der Waals surface area contributed by atoms with Crippen molar-refractivity contribution in [3.8, 4) is 0 Å². The molecule has 0 radical (unpaired) electrons. The average molecular weight is 231 g/mol. The highest BCUT2D eigenvalue weighted by atomic mass is 16.1. The molecule has 1 aliphatic rings. The predicted molar refractivity (Wildman–Crippen MR) is 70.3 cm³/mol. The highest BCUT2D eigenvalue weighted by Gasteiger charge is 2.29. The summed E-state index contributed by atoms with van der Waals surface area (Å²) in [6.45, 7) is 5.23. The van der Waals surface area contributed by atoms with Crippen molar-refractivity contribution in [2.45, 2.75) is 39.2 Å². The third kappa shape index (κ3) is 2.75. The summed E-state index contributed by atoms with van der Waals surface area (Å²) >= 11 is 0. The van der Waals surface area contributed by atoms with Crippen LogP contribution in [-0.4, -0.2) is 18.4 Å². The van der Waals surface area contributed by atoms with E-state index in [0.29, 0.717) is 11.8 Å². The maximum absolute atomic E-state index is 12.3. The molecule has 1 aromatic rings. The van der Waals surface area contributed by atoms with Gasteiger partial charge in [0.05, 0.1) is 0 Å². The number of carbonyl (C=O) groups excluding carboxylic acids is 1. The topological polar surface area (TPSA) is 29.1 Å². The van der Waals surface area contributed by atoms with Gasteiger partial charge in [-0.1, -0.05) is 37.6 Å². The first-order chi connectivity index (χ1) is 8.22. The van der Waals surface area contributed by atoms with Gasteiger partial charge < -0.3 is 5.32 Å². The quantitative estimate of drug-likeness (QED) is 0.807. The van der Waals surface area contributed by atoms with Crippen molar-refractivity contribution in [2.75, 3.05) is 6.54 Å². The normalized spacial score (nSPS) is 23.9. The molecule has 0 aliphatic carbocycles. The monoisotopic (exact) mass is 231 g/mol. The van der Waals surface area contributed by atoms with Gasteiger partial charge in [-0.15, -0.1) is 0 Å². The molecular weight excluding hydrogens is 210 g/mol. The van der Waals surface area contributed by atoms with Gasteiger partial charge >= 0.3 is 0 Å². The molecule has 1 fully saturated rings. The van der Waals surface area contributed by atoms with Crippen LogP contribution in [0.1, 0.15) is 42.6 Å². The fraction of sp³-hybridized carbons (Fsp3) is 0.533. The van der Waals surface area contributed by atoms with Gasteiger partial charge in [-0.25, -0.2) is 0 Å². The van der Waals surface area contributed by atoms with Gasteiger partial charge in [0.1, 0.15) is 0 Å². The lowest BCUT2D eigenvalue weighted by molar-refractivity contribution is 0.0914. The van der Waals surface area contributed by atoms with Crippen molar-refractivity contribution in [3.05, 3.63) is 35.4 Å². The second-order valence-electron chi connectivity index (χ2n) is 4.95. The van der Waals surface area contributed by atoms with Gasteiger partial charge in [-0.2, -0.15) is 0 Å². The molecule has 92 valence electrons. The summed E-state index contributed by atoms with van der Waals surface area (Å²) in [4.78, 5) is 12.3. The van der Waals surface area contributed by atoms with E-state index in [1.807, 2.05) is 12.1 Å². The summed E-state index contributed by atoms with van der Waals surface area (Å²) < 4.78 is 0. The van der Waals surface area contributed by atoms with Gasteiger partial charge in [0.2, 0.25) is 0 Å². The lowest BCUT2D eigenvalue weighted by atomic mass is 9.91. The molecule has 2 rings (SSSR count). The van der Waals surface area contributed by atoms with Crippen LogP contribution in [0.5, 0.6) is 0 Å². The lowest BCUT2D eigenvalue weighted by Crippen LogP contribution is -2.28. The summed E-state index contributed by atoms with van der Waals surface area (Å²) in [5.41, 5.74) is 2.19. The summed E-state index contributed by atoms with van der Waals surface area (Å²) in [5.74, 6) is 0.456. The van der Waals surface area contributed by atoms with Crippen LogP contribution in [0, 0.1) is 5.92 Å². The molecule has 1 saturated heterocycles. The van der Waals surface area contributed by atoms with Crippen LogP contribution in [0.25, 0.3) is 0 Å². The van der Waals surface area contributed by atoms with E-state index in [2.05, 4.69) is 31.3 Å². The maximum atomic E-state index is 12.3. The highest BCUT2D eigenvalue weighted by Crippen LogP contribution is 2.21. The Balaban J connectivity index is 2.08. The van der Waals surface area contributed by atoms with E-state index in [1.54, 1.807) is 0 Å². The minimum absolute atomic E-state index is 0.159. The number of benzene rings is 1. The molecule has 1 aromatic carbocycles. The van der Waals surface area contributed by atoms with E-state index in [9.17, 15) is 4.79 Å². The number of hydrogen-bond acceptors (Lipinski definition) is 2. The van der Waals surface area contributed by atoms with E-state index < -0.39 is 0 Å². The van der Waals surface area contributed by atoms with Gasteiger partial charge in [-0.05, 0) is 31.9 Å². The molecule has 17 heavy (non-hydrogen) atoms. The Morgan fingerprint density at radius 3 is 2.59 bits per heavy atom. The summed E-state index contributed by atoms with van der Waals surface area (Å²) in [6.07, 6.45) is 3.21. The molecule has 0 bridgehead atoms. The van der Waals surface area contributed by atoms with Gasteiger partial charge in [0.25, 0.3) is 0 Å². The predicted octanol–water partition coefficient (Wildman–Crippen LogP) is 2.82. The van der Waals surface area contributed by atoms with Gasteiger partial charge in [0, 0.05) is 17.5 Å². The number of carbonyl (C=O) groups is 1. The molecular formula is C15H21NO. The number of hydrogen-bond donors (Lipinski definition) is 1. The molecule has 1 heterocycles. The molecule has 1 N–H and O–H groups in total. The van der Waals surface area contributed by atoms with Crippen molar-refractivity contribution in [1.82, 2.24) is 5.32 Å². The van der Waals surface area contributed by atoms with Crippen LogP contribution < -0.4 is 5.32 Å². The first kappa shape index (κ1) is 12.3. The van der Waals surface area contributed by atoms with E-state index >= 15 is 0 Å². The Labute approximate surface area is 103 Å². The number of nitrogens with one attached hydrogen (secondary N) is 1. The zero-order chi connectivity index (χ0) is 12.3.